The number of nitrogens with zero attached hydrogens (tertiary/aromatic N) is 3. The topological polar surface area (TPSA) is 75.7 Å². The minimum Gasteiger partial charge on any atom is -0.448 e. The second-order valence-electron chi connectivity index (χ2n) is 6.58. The third-order valence-electron chi connectivity index (χ3n) is 4.81. The molecule has 6 nitrogen and oxygen atoms in total. The number of nitrogens with one attached hydrogen (secondary N) is 2. The molecule has 5 rings (SSSR count). The number of anilines is 1. The van der Waals surface area contributed by atoms with Gasteiger partial charge in [-0.25, -0.2) is 0 Å². The summed E-state index contributed by atoms with van der Waals surface area (Å²) in [6.45, 7) is 4.13. The summed E-state index contributed by atoms with van der Waals surface area (Å²) in [5.41, 5.74) is 5.75. The lowest BCUT2D eigenvalue weighted by Gasteiger charge is -2.19. The first-order valence-electron chi connectivity index (χ1n) is 9.22. The van der Waals surface area contributed by atoms with Gasteiger partial charge in [0.2, 0.25) is 17.3 Å². The van der Waals surface area contributed by atoms with Gasteiger partial charge in [-0.15, -0.1) is 10.2 Å². The highest BCUT2D eigenvalue weighted by atomic mass is 32.2. The monoisotopic (exact) mass is 389 g/mol. The van der Waals surface area contributed by atoms with E-state index in [2.05, 4.69) is 51.5 Å². The number of aromatic amines is 1. The number of aromatic nitrogens is 4. The maximum absolute atomic E-state index is 6.40. The van der Waals surface area contributed by atoms with Crippen LogP contribution in [0.2, 0.25) is 0 Å². The van der Waals surface area contributed by atoms with Crippen molar-refractivity contribution in [1.82, 2.24) is 20.2 Å². The van der Waals surface area contributed by atoms with E-state index in [-0.39, 0.29) is 0 Å². The molecule has 4 aromatic rings. The number of rotatable bonds is 3. The third kappa shape index (κ3) is 2.79. The van der Waals surface area contributed by atoms with Crippen molar-refractivity contribution >= 4 is 28.4 Å². The zero-order valence-electron chi connectivity index (χ0n) is 15.6. The van der Waals surface area contributed by atoms with Crippen LogP contribution in [-0.2, 0) is 0 Å². The number of H-pyrrole nitrogens is 1. The molecule has 28 heavy (non-hydrogen) atoms. The van der Waals surface area contributed by atoms with Gasteiger partial charge in [0, 0.05) is 33.4 Å². The Balaban J connectivity index is 1.69. The largest absolute Gasteiger partial charge is 0.448 e. The first-order valence-corrected chi connectivity index (χ1v) is 10.2. The van der Waals surface area contributed by atoms with Crippen LogP contribution in [0.1, 0.15) is 24.4 Å². The number of benzene rings is 2. The smallest absolute Gasteiger partial charge is 0.247 e. The van der Waals surface area contributed by atoms with E-state index in [0.29, 0.717) is 16.7 Å². The molecule has 2 N–H and O–H groups in total. The first kappa shape index (κ1) is 17.1. The van der Waals surface area contributed by atoms with E-state index in [4.69, 9.17) is 4.74 Å². The maximum Gasteiger partial charge on any atom is 0.247 e. The molecular weight excluding hydrogens is 370 g/mol. The van der Waals surface area contributed by atoms with Crippen LogP contribution < -0.4 is 10.1 Å². The minimum absolute atomic E-state index is 0.394. The normalized spacial score (nSPS) is 15.3. The molecule has 0 aliphatic carbocycles. The summed E-state index contributed by atoms with van der Waals surface area (Å²) >= 11 is 1.55. The maximum atomic E-state index is 6.40. The Hall–Kier alpha value is -3.06. The molecule has 1 unspecified atom stereocenters. The second-order valence-corrected chi connectivity index (χ2v) is 7.81. The van der Waals surface area contributed by atoms with Gasteiger partial charge in [-0.05, 0) is 24.8 Å². The number of ether oxygens (including phenoxy) is 1. The summed E-state index contributed by atoms with van der Waals surface area (Å²) in [4.78, 5) is 8.10. The van der Waals surface area contributed by atoms with Crippen molar-refractivity contribution in [2.45, 2.75) is 25.2 Å². The van der Waals surface area contributed by atoms with E-state index in [1.54, 1.807) is 11.8 Å². The van der Waals surface area contributed by atoms with Crippen LogP contribution in [0, 0.1) is 6.92 Å². The molecule has 2 aromatic heterocycles. The van der Waals surface area contributed by atoms with Crippen LogP contribution >= 0.6 is 11.8 Å². The molecule has 0 spiro atoms. The van der Waals surface area contributed by atoms with E-state index in [0.717, 1.165) is 39.2 Å². The average Bonchev–Trinajstić information content (AvgIpc) is 2.95. The zero-order valence-corrected chi connectivity index (χ0v) is 16.4. The summed E-state index contributed by atoms with van der Waals surface area (Å²) in [7, 11) is 0. The number of fused-ring (bicyclic) bond motifs is 4. The van der Waals surface area contributed by atoms with Crippen molar-refractivity contribution in [3.63, 3.8) is 0 Å². The van der Waals surface area contributed by atoms with Gasteiger partial charge in [0.25, 0.3) is 0 Å². The molecule has 140 valence electrons. The summed E-state index contributed by atoms with van der Waals surface area (Å²) < 4.78 is 6.40. The lowest BCUT2D eigenvalue weighted by molar-refractivity contribution is 0.226. The molecule has 0 saturated carbocycles. The van der Waals surface area contributed by atoms with Gasteiger partial charge in [-0.2, -0.15) is 4.98 Å². The third-order valence-corrected chi connectivity index (χ3v) is 5.53. The van der Waals surface area contributed by atoms with E-state index < -0.39 is 6.23 Å². The van der Waals surface area contributed by atoms with Crippen LogP contribution in [0.3, 0.4) is 0 Å². The van der Waals surface area contributed by atoms with Gasteiger partial charge in [-0.1, -0.05) is 55.1 Å². The highest BCUT2D eigenvalue weighted by molar-refractivity contribution is 7.99. The zero-order chi connectivity index (χ0) is 19.1. The molecule has 1 aliphatic heterocycles. The standard InChI is InChI=1S/C21H19N5OS/c1-3-28-21-24-20-18(25-26-21)14-9-5-7-11-16(14)23-19(27-20)17-12(2)22-15-10-6-4-8-13(15)17/h4-11,19,22-23H,3H2,1-2H3. The molecule has 0 amide bonds. The number of hydrogen-bond donors (Lipinski definition) is 2. The Morgan fingerprint density at radius 1 is 1.07 bits per heavy atom. The Morgan fingerprint density at radius 3 is 2.79 bits per heavy atom. The van der Waals surface area contributed by atoms with Crippen molar-refractivity contribution in [1.29, 1.82) is 0 Å². The van der Waals surface area contributed by atoms with Crippen LogP contribution in [0.5, 0.6) is 5.88 Å². The molecule has 0 radical (unpaired) electrons. The Labute approximate surface area is 166 Å². The molecule has 3 heterocycles. The van der Waals surface area contributed by atoms with Gasteiger partial charge >= 0.3 is 0 Å². The number of para-hydroxylation sites is 2. The fraction of sp³-hybridized carbons (Fsp3) is 0.190. The van der Waals surface area contributed by atoms with E-state index in [9.17, 15) is 0 Å². The SMILES string of the molecule is CCSc1nnc2c(n1)OC(c1c(C)[nH]c3ccccc13)Nc1ccccc1-2. The first-order chi connectivity index (χ1) is 13.7. The highest BCUT2D eigenvalue weighted by Crippen LogP contribution is 2.41. The van der Waals surface area contributed by atoms with Crippen LogP contribution in [-0.4, -0.2) is 25.9 Å². The van der Waals surface area contributed by atoms with Crippen molar-refractivity contribution in [2.24, 2.45) is 0 Å². The molecule has 0 saturated heterocycles. The number of thioether (sulfide) groups is 1. The average molecular weight is 389 g/mol. The summed E-state index contributed by atoms with van der Waals surface area (Å²) in [5.74, 6) is 1.37. The van der Waals surface area contributed by atoms with Crippen LogP contribution in [0.4, 0.5) is 5.69 Å². The molecular formula is C21H19N5OS. The molecule has 7 heteroatoms. The summed E-state index contributed by atoms with van der Waals surface area (Å²) in [5, 5.41) is 14.0. The lowest BCUT2D eigenvalue weighted by Crippen LogP contribution is -2.17. The highest BCUT2D eigenvalue weighted by Gasteiger charge is 2.28. The Morgan fingerprint density at radius 2 is 1.89 bits per heavy atom. The Bertz CT molecular complexity index is 1170. The van der Waals surface area contributed by atoms with Gasteiger partial charge in [0.1, 0.15) is 0 Å². The van der Waals surface area contributed by atoms with Crippen molar-refractivity contribution in [3.8, 4) is 17.1 Å². The lowest BCUT2D eigenvalue weighted by atomic mass is 10.1. The number of aryl methyl sites for hydroxylation is 1. The fourth-order valence-electron chi connectivity index (χ4n) is 3.60. The van der Waals surface area contributed by atoms with Gasteiger partial charge in [0.05, 0.1) is 0 Å². The fourth-order valence-corrected chi connectivity index (χ4v) is 4.11. The van der Waals surface area contributed by atoms with Crippen LogP contribution in [0.15, 0.2) is 53.7 Å². The van der Waals surface area contributed by atoms with Gasteiger partial charge < -0.3 is 15.0 Å². The molecule has 1 atom stereocenters. The number of hydrogen-bond acceptors (Lipinski definition) is 6. The van der Waals surface area contributed by atoms with E-state index in [1.807, 2.05) is 36.4 Å². The van der Waals surface area contributed by atoms with Gasteiger partial charge in [-0.3, -0.25) is 0 Å². The van der Waals surface area contributed by atoms with E-state index in [1.165, 1.54) is 0 Å². The van der Waals surface area contributed by atoms with Crippen molar-refractivity contribution in [2.75, 3.05) is 11.1 Å². The minimum atomic E-state index is -0.394. The predicted octanol–water partition coefficient (Wildman–Crippen LogP) is 4.94. The predicted molar refractivity (Wildman–Crippen MR) is 112 cm³/mol. The molecule has 1 aliphatic rings. The molecule has 0 fully saturated rings. The summed E-state index contributed by atoms with van der Waals surface area (Å²) in [6, 6.07) is 16.3. The van der Waals surface area contributed by atoms with Gasteiger partial charge in [0.15, 0.2) is 5.69 Å². The van der Waals surface area contributed by atoms with E-state index >= 15 is 0 Å². The van der Waals surface area contributed by atoms with Crippen LogP contribution in [0.25, 0.3) is 22.2 Å². The van der Waals surface area contributed by atoms with Crippen molar-refractivity contribution in [3.05, 3.63) is 59.8 Å². The second kappa shape index (κ2) is 6.83. The van der Waals surface area contributed by atoms with Crippen molar-refractivity contribution < 1.29 is 4.74 Å². The Kier molecular flexibility index (Phi) is 4.16. The summed E-state index contributed by atoms with van der Waals surface area (Å²) in [6.07, 6.45) is -0.394. The molecule has 0 bridgehead atoms. The quantitative estimate of drug-likeness (QED) is 0.483. The molecule has 2 aromatic carbocycles.